The van der Waals surface area contributed by atoms with Gasteiger partial charge in [-0.2, -0.15) is 0 Å². The van der Waals surface area contributed by atoms with Crippen molar-refractivity contribution in [3.05, 3.63) is 51.2 Å². The number of piperidine rings is 1. The number of carboxylic acid groups (broad SMARTS) is 1. The van der Waals surface area contributed by atoms with Gasteiger partial charge in [0.1, 0.15) is 5.01 Å². The molecule has 0 radical (unpaired) electrons. The van der Waals surface area contributed by atoms with Crippen molar-refractivity contribution < 1.29 is 9.90 Å². The molecular formula is C19H20N2O2S2. The van der Waals surface area contributed by atoms with Crippen LogP contribution in [0.2, 0.25) is 0 Å². The Morgan fingerprint density at radius 1 is 1.28 bits per heavy atom. The number of nitrogens with zero attached hydrogens (tertiary/aromatic N) is 2. The van der Waals surface area contributed by atoms with Crippen LogP contribution in [0.1, 0.15) is 34.3 Å². The zero-order chi connectivity index (χ0) is 17.4. The lowest BCUT2D eigenvalue weighted by atomic mass is 9.95. The third-order valence-corrected chi connectivity index (χ3v) is 7.10. The summed E-state index contributed by atoms with van der Waals surface area (Å²) < 4.78 is 1.21. The molecule has 3 aromatic rings. The molecule has 4 rings (SSSR count). The van der Waals surface area contributed by atoms with Crippen molar-refractivity contribution in [1.82, 2.24) is 9.88 Å². The van der Waals surface area contributed by atoms with E-state index in [9.17, 15) is 9.90 Å². The number of thiophene rings is 1. The molecule has 6 heteroatoms. The molecule has 1 atom stereocenters. The Kier molecular flexibility index (Phi) is 4.58. The Morgan fingerprint density at radius 3 is 2.68 bits per heavy atom. The molecule has 1 N–H and O–H groups in total. The first-order valence-corrected chi connectivity index (χ1v) is 10.2. The fourth-order valence-corrected chi connectivity index (χ4v) is 5.76. The van der Waals surface area contributed by atoms with Crippen LogP contribution in [-0.4, -0.2) is 34.0 Å². The van der Waals surface area contributed by atoms with Gasteiger partial charge in [-0.15, -0.1) is 22.7 Å². The molecule has 0 amide bonds. The van der Waals surface area contributed by atoms with Crippen LogP contribution >= 0.6 is 22.7 Å². The van der Waals surface area contributed by atoms with E-state index in [1.54, 1.807) is 22.7 Å². The Balaban J connectivity index is 1.70. The number of aromatic nitrogens is 1. The van der Waals surface area contributed by atoms with E-state index >= 15 is 0 Å². The van der Waals surface area contributed by atoms with Crippen molar-refractivity contribution in [3.63, 3.8) is 0 Å². The van der Waals surface area contributed by atoms with Crippen LogP contribution in [0.25, 0.3) is 10.2 Å². The standard InChI is InChI=1S/C19H20N2O2S2/c1-12-8-11-24-17(12)16(21-9-6-13(7-10-21)19(22)23)18-20-14-4-2-3-5-15(14)25-18/h2-5,8,11,13,16H,6-7,9-10H2,1H3,(H,22,23). The summed E-state index contributed by atoms with van der Waals surface area (Å²) in [5, 5.41) is 12.5. The van der Waals surface area contributed by atoms with Crippen molar-refractivity contribution >= 4 is 38.9 Å². The highest BCUT2D eigenvalue weighted by Crippen LogP contribution is 2.39. The van der Waals surface area contributed by atoms with Crippen LogP contribution in [0.4, 0.5) is 0 Å². The van der Waals surface area contributed by atoms with Crippen LogP contribution in [0.3, 0.4) is 0 Å². The van der Waals surface area contributed by atoms with E-state index in [2.05, 4.69) is 35.4 Å². The average molecular weight is 373 g/mol. The predicted molar refractivity (Wildman–Crippen MR) is 102 cm³/mol. The number of thiazole rings is 1. The summed E-state index contributed by atoms with van der Waals surface area (Å²) >= 11 is 3.52. The summed E-state index contributed by atoms with van der Waals surface area (Å²) in [4.78, 5) is 19.9. The van der Waals surface area contributed by atoms with Gasteiger partial charge in [-0.25, -0.2) is 4.98 Å². The maximum atomic E-state index is 11.3. The number of rotatable bonds is 4. The monoisotopic (exact) mass is 372 g/mol. The zero-order valence-electron chi connectivity index (χ0n) is 14.0. The first kappa shape index (κ1) is 16.7. The summed E-state index contributed by atoms with van der Waals surface area (Å²) in [5.41, 5.74) is 2.33. The maximum Gasteiger partial charge on any atom is 0.306 e. The molecule has 2 aromatic heterocycles. The molecular weight excluding hydrogens is 352 g/mol. The normalized spacial score (nSPS) is 17.8. The molecule has 3 heterocycles. The third-order valence-electron chi connectivity index (χ3n) is 4.94. The van der Waals surface area contributed by atoms with Crippen molar-refractivity contribution in [1.29, 1.82) is 0 Å². The molecule has 1 unspecified atom stereocenters. The van der Waals surface area contributed by atoms with Gasteiger partial charge in [0.05, 0.1) is 22.2 Å². The number of hydrogen-bond donors (Lipinski definition) is 1. The zero-order valence-corrected chi connectivity index (χ0v) is 15.6. The molecule has 1 aromatic carbocycles. The summed E-state index contributed by atoms with van der Waals surface area (Å²) in [6.07, 6.45) is 1.42. The highest BCUT2D eigenvalue weighted by molar-refractivity contribution is 7.18. The molecule has 1 aliphatic heterocycles. The fraction of sp³-hybridized carbons (Fsp3) is 0.368. The van der Waals surface area contributed by atoms with Gasteiger partial charge in [0.25, 0.3) is 0 Å². The van der Waals surface area contributed by atoms with Crippen LogP contribution in [0.5, 0.6) is 0 Å². The van der Waals surface area contributed by atoms with Crippen molar-refractivity contribution in [2.45, 2.75) is 25.8 Å². The second kappa shape index (κ2) is 6.86. The van der Waals surface area contributed by atoms with Gasteiger partial charge >= 0.3 is 5.97 Å². The number of aliphatic carboxylic acids is 1. The number of para-hydroxylation sites is 1. The minimum Gasteiger partial charge on any atom is -0.481 e. The Hall–Kier alpha value is -1.76. The minimum absolute atomic E-state index is 0.132. The predicted octanol–water partition coefficient (Wildman–Crippen LogP) is 4.55. The first-order chi connectivity index (χ1) is 12.1. The van der Waals surface area contributed by atoms with Crippen LogP contribution < -0.4 is 0 Å². The van der Waals surface area contributed by atoms with Gasteiger partial charge in [-0.05, 0) is 62.0 Å². The molecule has 130 valence electrons. The van der Waals surface area contributed by atoms with Crippen LogP contribution in [0.15, 0.2) is 35.7 Å². The highest BCUT2D eigenvalue weighted by Gasteiger charge is 2.33. The van der Waals surface area contributed by atoms with Crippen molar-refractivity contribution in [3.8, 4) is 0 Å². The highest BCUT2D eigenvalue weighted by atomic mass is 32.1. The first-order valence-electron chi connectivity index (χ1n) is 8.50. The average Bonchev–Trinajstić information content (AvgIpc) is 3.22. The summed E-state index contributed by atoms with van der Waals surface area (Å²) in [5.74, 6) is -0.875. The molecule has 1 fully saturated rings. The lowest BCUT2D eigenvalue weighted by Gasteiger charge is -2.35. The third kappa shape index (κ3) is 3.21. The van der Waals surface area contributed by atoms with Crippen molar-refractivity contribution in [2.24, 2.45) is 5.92 Å². The van der Waals surface area contributed by atoms with Gasteiger partial charge in [0, 0.05) is 4.88 Å². The molecule has 1 saturated heterocycles. The van der Waals surface area contributed by atoms with E-state index < -0.39 is 5.97 Å². The van der Waals surface area contributed by atoms with Crippen LogP contribution in [-0.2, 0) is 4.79 Å². The van der Waals surface area contributed by atoms with E-state index in [0.717, 1.165) is 23.6 Å². The van der Waals surface area contributed by atoms with Crippen molar-refractivity contribution in [2.75, 3.05) is 13.1 Å². The summed E-state index contributed by atoms with van der Waals surface area (Å²) in [6.45, 7) is 3.75. The lowest BCUT2D eigenvalue weighted by molar-refractivity contribution is -0.143. The Morgan fingerprint density at radius 2 is 2.04 bits per heavy atom. The smallest absolute Gasteiger partial charge is 0.306 e. The number of carboxylic acids is 1. The molecule has 0 bridgehead atoms. The molecule has 1 aliphatic rings. The summed E-state index contributed by atoms with van der Waals surface area (Å²) in [6, 6.07) is 10.5. The van der Waals surface area contributed by atoms with Gasteiger partial charge in [-0.3, -0.25) is 9.69 Å². The van der Waals surface area contributed by atoms with E-state index in [1.165, 1.54) is 15.1 Å². The molecule has 0 aliphatic carbocycles. The minimum atomic E-state index is -0.663. The fourth-order valence-electron chi connectivity index (χ4n) is 3.51. The number of benzene rings is 1. The maximum absolute atomic E-state index is 11.3. The Labute approximate surface area is 154 Å². The number of aryl methyl sites for hydroxylation is 1. The summed E-state index contributed by atoms with van der Waals surface area (Å²) in [7, 11) is 0. The van der Waals surface area contributed by atoms with Gasteiger partial charge in [0.15, 0.2) is 0 Å². The molecule has 25 heavy (non-hydrogen) atoms. The lowest BCUT2D eigenvalue weighted by Crippen LogP contribution is -2.39. The molecule has 4 nitrogen and oxygen atoms in total. The molecule has 0 spiro atoms. The van der Waals surface area contributed by atoms with E-state index in [4.69, 9.17) is 4.98 Å². The van der Waals surface area contributed by atoms with Gasteiger partial charge in [0.2, 0.25) is 0 Å². The second-order valence-corrected chi connectivity index (χ2v) is 8.55. The quantitative estimate of drug-likeness (QED) is 0.730. The number of carbonyl (C=O) groups is 1. The SMILES string of the molecule is Cc1ccsc1C(c1nc2ccccc2s1)N1CCC(C(=O)O)CC1. The van der Waals surface area contributed by atoms with Gasteiger partial charge in [-0.1, -0.05) is 12.1 Å². The second-order valence-electron chi connectivity index (χ2n) is 6.54. The van der Waals surface area contributed by atoms with Crippen LogP contribution in [0, 0.1) is 12.8 Å². The number of hydrogen-bond acceptors (Lipinski definition) is 5. The topological polar surface area (TPSA) is 53.4 Å². The molecule has 0 saturated carbocycles. The van der Waals surface area contributed by atoms with E-state index in [-0.39, 0.29) is 12.0 Å². The van der Waals surface area contributed by atoms with E-state index in [1.807, 2.05) is 12.1 Å². The largest absolute Gasteiger partial charge is 0.481 e. The number of likely N-dealkylation sites (tertiary alicyclic amines) is 1. The Bertz CT molecular complexity index is 861. The van der Waals surface area contributed by atoms with E-state index in [0.29, 0.717) is 12.8 Å². The van der Waals surface area contributed by atoms with Gasteiger partial charge < -0.3 is 5.11 Å². The number of fused-ring (bicyclic) bond motifs is 1.